The molecule has 1 aromatic heterocycles. The number of aromatic nitrogens is 1. The summed E-state index contributed by atoms with van der Waals surface area (Å²) in [5.74, 6) is -0.0741. The Hall–Kier alpha value is -1.38. The molecule has 2 rings (SSSR count). The second-order valence-corrected chi connectivity index (χ2v) is 2.20. The summed E-state index contributed by atoms with van der Waals surface area (Å²) < 4.78 is 0. The summed E-state index contributed by atoms with van der Waals surface area (Å²) in [5.41, 5.74) is 0.691. The summed E-state index contributed by atoms with van der Waals surface area (Å²) in [6.45, 7) is 0. The van der Waals surface area contributed by atoms with Crippen LogP contribution in [0.2, 0.25) is 0 Å². The Bertz CT molecular complexity index is 375. The Labute approximate surface area is 57.1 Å². The highest BCUT2D eigenvalue weighted by Gasteiger charge is 2.01. The predicted molar refractivity (Wildman–Crippen MR) is 35.7 cm³/mol. The Morgan fingerprint density at radius 3 is 3.40 bits per heavy atom. The van der Waals surface area contributed by atoms with E-state index in [9.17, 15) is 4.79 Å². The minimum absolute atomic E-state index is 0.0741. The van der Waals surface area contributed by atoms with Gasteiger partial charge in [-0.2, -0.15) is 4.99 Å². The quantitative estimate of drug-likeness (QED) is 0.503. The first kappa shape index (κ1) is 5.41. The van der Waals surface area contributed by atoms with Crippen molar-refractivity contribution in [3.05, 3.63) is 23.0 Å². The number of H-pyrrole nitrogens is 1. The van der Waals surface area contributed by atoms with Crippen molar-refractivity contribution in [3.63, 3.8) is 0 Å². The minimum atomic E-state index is -0.0741. The lowest BCUT2D eigenvalue weighted by atomic mass is 10.3. The standard InChI is InChI=1S/C7H6N2O/c10-6-2-1-5-3-4-8-7(5)9-6/h1,3-4H,2H2,(H,8,9,10). The van der Waals surface area contributed by atoms with Gasteiger partial charge >= 0.3 is 0 Å². The highest BCUT2D eigenvalue weighted by atomic mass is 16.1. The highest BCUT2D eigenvalue weighted by molar-refractivity contribution is 5.82. The molecule has 0 bridgehead atoms. The van der Waals surface area contributed by atoms with Gasteiger partial charge in [0.05, 0.1) is 0 Å². The van der Waals surface area contributed by atoms with E-state index in [0.717, 1.165) is 5.22 Å². The van der Waals surface area contributed by atoms with Crippen molar-refractivity contribution in [2.24, 2.45) is 4.99 Å². The molecule has 1 N–H and O–H groups in total. The van der Waals surface area contributed by atoms with E-state index >= 15 is 0 Å². The first-order valence-corrected chi connectivity index (χ1v) is 3.11. The van der Waals surface area contributed by atoms with Crippen LogP contribution in [-0.2, 0) is 4.79 Å². The molecule has 1 amide bonds. The van der Waals surface area contributed by atoms with Crippen LogP contribution in [0.3, 0.4) is 0 Å². The fraction of sp³-hybridized carbons (Fsp3) is 0.143. The Morgan fingerprint density at radius 1 is 1.60 bits per heavy atom. The maximum atomic E-state index is 10.7. The van der Waals surface area contributed by atoms with Gasteiger partial charge in [0.15, 0.2) is 0 Å². The molecule has 3 heteroatoms. The van der Waals surface area contributed by atoms with Crippen molar-refractivity contribution in [1.29, 1.82) is 0 Å². The number of carbonyl (C=O) groups excluding carboxylic acids is 1. The molecule has 0 aromatic carbocycles. The monoisotopic (exact) mass is 134 g/mol. The number of carbonyl (C=O) groups is 1. The molecule has 0 saturated carbocycles. The van der Waals surface area contributed by atoms with E-state index < -0.39 is 0 Å². The SMILES string of the molecule is O=C1CC=c2cc[nH]c2=N1. The summed E-state index contributed by atoms with van der Waals surface area (Å²) in [6, 6.07) is 1.91. The van der Waals surface area contributed by atoms with Crippen molar-refractivity contribution in [2.75, 3.05) is 0 Å². The Balaban J connectivity index is 2.85. The number of fused-ring (bicyclic) bond motifs is 1. The van der Waals surface area contributed by atoms with Gasteiger partial charge in [0.25, 0.3) is 5.91 Å². The maximum absolute atomic E-state index is 10.7. The molecule has 50 valence electrons. The molecule has 0 saturated heterocycles. The van der Waals surface area contributed by atoms with Crippen LogP contribution < -0.4 is 10.7 Å². The number of nitrogens with zero attached hydrogens (tertiary/aromatic N) is 1. The molecule has 0 unspecified atom stereocenters. The number of aromatic amines is 1. The summed E-state index contributed by atoms with van der Waals surface area (Å²) in [6.07, 6.45) is 4.09. The summed E-state index contributed by atoms with van der Waals surface area (Å²) in [4.78, 5) is 17.4. The Kier molecular flexibility index (Phi) is 0.974. The van der Waals surface area contributed by atoms with Gasteiger partial charge in [0, 0.05) is 17.8 Å². The molecule has 1 aromatic rings. The fourth-order valence-corrected chi connectivity index (χ4v) is 1.00. The average Bonchev–Trinajstić information content (AvgIpc) is 2.33. The van der Waals surface area contributed by atoms with Crippen LogP contribution in [-0.4, -0.2) is 10.9 Å². The van der Waals surface area contributed by atoms with Gasteiger partial charge in [-0.25, -0.2) is 0 Å². The van der Waals surface area contributed by atoms with E-state index in [1.807, 2.05) is 12.1 Å². The van der Waals surface area contributed by atoms with E-state index in [1.165, 1.54) is 0 Å². The predicted octanol–water partition coefficient (Wildman–Crippen LogP) is -0.655. The van der Waals surface area contributed by atoms with Crippen LogP contribution in [0.1, 0.15) is 6.42 Å². The van der Waals surface area contributed by atoms with E-state index in [-0.39, 0.29) is 5.91 Å². The van der Waals surface area contributed by atoms with Crippen LogP contribution in [0.4, 0.5) is 0 Å². The number of hydrogen-bond acceptors (Lipinski definition) is 1. The van der Waals surface area contributed by atoms with Gasteiger partial charge in [-0.15, -0.1) is 0 Å². The normalized spacial score (nSPS) is 15.4. The molecule has 2 heterocycles. The molecule has 1 aliphatic rings. The molecule has 0 atom stereocenters. The zero-order chi connectivity index (χ0) is 6.97. The fourth-order valence-electron chi connectivity index (χ4n) is 1.00. The van der Waals surface area contributed by atoms with E-state index in [0.29, 0.717) is 11.9 Å². The van der Waals surface area contributed by atoms with E-state index in [2.05, 4.69) is 9.98 Å². The molecule has 0 radical (unpaired) electrons. The molecule has 3 nitrogen and oxygen atoms in total. The van der Waals surface area contributed by atoms with E-state index in [4.69, 9.17) is 0 Å². The van der Waals surface area contributed by atoms with Crippen molar-refractivity contribution in [3.8, 4) is 0 Å². The smallest absolute Gasteiger partial charge is 0.251 e. The number of nitrogens with one attached hydrogen (secondary N) is 1. The molecule has 1 aliphatic heterocycles. The highest BCUT2D eigenvalue weighted by Crippen LogP contribution is 1.87. The van der Waals surface area contributed by atoms with Crippen LogP contribution in [0.25, 0.3) is 6.08 Å². The van der Waals surface area contributed by atoms with Gasteiger partial charge in [-0.1, -0.05) is 6.08 Å². The zero-order valence-electron chi connectivity index (χ0n) is 5.29. The first-order valence-electron chi connectivity index (χ1n) is 3.11. The first-order chi connectivity index (χ1) is 4.86. The van der Waals surface area contributed by atoms with Crippen molar-refractivity contribution < 1.29 is 4.79 Å². The van der Waals surface area contributed by atoms with Crippen LogP contribution in [0, 0.1) is 0 Å². The molecule has 0 spiro atoms. The van der Waals surface area contributed by atoms with Gasteiger partial charge in [-0.3, -0.25) is 4.79 Å². The average molecular weight is 134 g/mol. The topological polar surface area (TPSA) is 45.2 Å². The van der Waals surface area contributed by atoms with Crippen molar-refractivity contribution in [2.45, 2.75) is 6.42 Å². The molecule has 0 aliphatic carbocycles. The van der Waals surface area contributed by atoms with E-state index in [1.54, 1.807) is 6.20 Å². The third-order valence-electron chi connectivity index (χ3n) is 1.49. The lowest BCUT2D eigenvalue weighted by Crippen LogP contribution is -2.27. The third-order valence-corrected chi connectivity index (χ3v) is 1.49. The van der Waals surface area contributed by atoms with Gasteiger partial charge in [0.1, 0.15) is 5.49 Å². The molecule has 0 fully saturated rings. The summed E-state index contributed by atoms with van der Waals surface area (Å²) >= 11 is 0. The second-order valence-electron chi connectivity index (χ2n) is 2.20. The van der Waals surface area contributed by atoms with Gasteiger partial charge in [-0.05, 0) is 6.07 Å². The van der Waals surface area contributed by atoms with Gasteiger partial charge in [0.2, 0.25) is 0 Å². The molecular weight excluding hydrogens is 128 g/mol. The summed E-state index contributed by atoms with van der Waals surface area (Å²) in [7, 11) is 0. The number of rotatable bonds is 0. The Morgan fingerprint density at radius 2 is 2.50 bits per heavy atom. The maximum Gasteiger partial charge on any atom is 0.251 e. The van der Waals surface area contributed by atoms with Crippen molar-refractivity contribution in [1.82, 2.24) is 4.98 Å². The minimum Gasteiger partial charge on any atom is -0.346 e. The largest absolute Gasteiger partial charge is 0.346 e. The van der Waals surface area contributed by atoms with Gasteiger partial charge < -0.3 is 4.98 Å². The number of hydrogen-bond donors (Lipinski definition) is 1. The van der Waals surface area contributed by atoms with Crippen LogP contribution in [0.15, 0.2) is 17.3 Å². The molecular formula is C7H6N2O. The lowest BCUT2D eigenvalue weighted by molar-refractivity contribution is -0.117. The van der Waals surface area contributed by atoms with Crippen LogP contribution in [0.5, 0.6) is 0 Å². The zero-order valence-corrected chi connectivity index (χ0v) is 5.29. The lowest BCUT2D eigenvalue weighted by Gasteiger charge is -1.90. The third kappa shape index (κ3) is 0.673. The van der Waals surface area contributed by atoms with Crippen LogP contribution >= 0.6 is 0 Å². The second kappa shape index (κ2) is 1.80. The summed E-state index contributed by atoms with van der Waals surface area (Å²) in [5, 5.41) is 1.03. The van der Waals surface area contributed by atoms with Crippen molar-refractivity contribution >= 4 is 12.0 Å². The number of amides is 1. The molecule has 10 heavy (non-hydrogen) atoms.